The van der Waals surface area contributed by atoms with Gasteiger partial charge in [-0.05, 0) is 18.6 Å². The summed E-state index contributed by atoms with van der Waals surface area (Å²) in [4.78, 5) is 0.0669. The van der Waals surface area contributed by atoms with Crippen LogP contribution >= 0.6 is 10.7 Å². The van der Waals surface area contributed by atoms with Gasteiger partial charge in [-0.3, -0.25) is 5.10 Å². The molecular formula is C8H7ClN2O2S. The van der Waals surface area contributed by atoms with Crippen LogP contribution in [0, 0.1) is 6.92 Å². The van der Waals surface area contributed by atoms with Gasteiger partial charge in [-0.15, -0.1) is 0 Å². The van der Waals surface area contributed by atoms with Gasteiger partial charge in [-0.2, -0.15) is 5.10 Å². The number of H-pyrrole nitrogens is 1. The summed E-state index contributed by atoms with van der Waals surface area (Å²) in [6.07, 6.45) is 1.58. The largest absolute Gasteiger partial charge is 0.276 e. The number of aromatic amines is 1. The second-order valence-corrected chi connectivity index (χ2v) is 5.51. The molecule has 0 radical (unpaired) electrons. The molecule has 0 aliphatic rings. The van der Waals surface area contributed by atoms with Gasteiger partial charge in [0.25, 0.3) is 9.05 Å². The van der Waals surface area contributed by atoms with E-state index in [0.717, 1.165) is 10.9 Å². The molecule has 1 N–H and O–H groups in total. The summed E-state index contributed by atoms with van der Waals surface area (Å²) < 4.78 is 22.3. The molecule has 0 unspecified atom stereocenters. The van der Waals surface area contributed by atoms with Crippen LogP contribution in [-0.2, 0) is 9.05 Å². The molecule has 4 nitrogen and oxygen atoms in total. The Bertz CT molecular complexity index is 588. The molecule has 0 spiro atoms. The van der Waals surface area contributed by atoms with Crippen LogP contribution in [0.25, 0.3) is 10.9 Å². The van der Waals surface area contributed by atoms with Gasteiger partial charge in [0.2, 0.25) is 0 Å². The van der Waals surface area contributed by atoms with Crippen LogP contribution in [0.1, 0.15) is 5.56 Å². The Kier molecular flexibility index (Phi) is 2.01. The molecule has 14 heavy (non-hydrogen) atoms. The van der Waals surface area contributed by atoms with Crippen LogP contribution in [0.3, 0.4) is 0 Å². The third kappa shape index (κ3) is 1.38. The van der Waals surface area contributed by atoms with Crippen LogP contribution in [0.4, 0.5) is 0 Å². The highest BCUT2D eigenvalue weighted by Gasteiger charge is 2.16. The van der Waals surface area contributed by atoms with Crippen LogP contribution < -0.4 is 0 Å². The SMILES string of the molecule is Cc1ccc(S(=O)(=O)Cl)c2[nH]ncc12. The molecule has 0 bridgehead atoms. The maximum Gasteiger partial charge on any atom is 0.263 e. The minimum atomic E-state index is -3.72. The number of aromatic nitrogens is 2. The fourth-order valence-electron chi connectivity index (χ4n) is 1.35. The predicted octanol–water partition coefficient (Wildman–Crippen LogP) is 1.80. The number of hydrogen-bond acceptors (Lipinski definition) is 3. The van der Waals surface area contributed by atoms with Gasteiger partial charge >= 0.3 is 0 Å². The van der Waals surface area contributed by atoms with Crippen molar-refractivity contribution in [1.82, 2.24) is 10.2 Å². The molecule has 1 aromatic carbocycles. The van der Waals surface area contributed by atoms with Crippen LogP contribution in [-0.4, -0.2) is 18.6 Å². The van der Waals surface area contributed by atoms with E-state index in [9.17, 15) is 8.42 Å². The van der Waals surface area contributed by atoms with Crippen LogP contribution in [0.5, 0.6) is 0 Å². The van der Waals surface area contributed by atoms with Crippen LogP contribution in [0.2, 0.25) is 0 Å². The summed E-state index contributed by atoms with van der Waals surface area (Å²) >= 11 is 0. The smallest absolute Gasteiger partial charge is 0.263 e. The molecule has 0 fully saturated rings. The zero-order valence-electron chi connectivity index (χ0n) is 7.28. The maximum absolute atomic E-state index is 11.2. The molecule has 0 aliphatic carbocycles. The van der Waals surface area contributed by atoms with Crippen molar-refractivity contribution in [2.45, 2.75) is 11.8 Å². The van der Waals surface area contributed by atoms with Crippen molar-refractivity contribution in [3.05, 3.63) is 23.9 Å². The normalized spacial score (nSPS) is 12.1. The highest BCUT2D eigenvalue weighted by atomic mass is 35.7. The van der Waals surface area contributed by atoms with Crippen molar-refractivity contribution in [2.75, 3.05) is 0 Å². The quantitative estimate of drug-likeness (QED) is 0.760. The van der Waals surface area contributed by atoms with E-state index in [1.165, 1.54) is 6.07 Å². The molecule has 0 saturated heterocycles. The van der Waals surface area contributed by atoms with Gasteiger partial charge < -0.3 is 0 Å². The monoisotopic (exact) mass is 230 g/mol. The third-order valence-electron chi connectivity index (χ3n) is 2.06. The number of nitrogens with zero attached hydrogens (tertiary/aromatic N) is 1. The molecule has 0 atom stereocenters. The average molecular weight is 231 g/mol. The number of benzene rings is 1. The van der Waals surface area contributed by atoms with Crippen molar-refractivity contribution >= 4 is 30.6 Å². The van der Waals surface area contributed by atoms with E-state index in [1.807, 2.05) is 6.92 Å². The van der Waals surface area contributed by atoms with E-state index in [1.54, 1.807) is 12.3 Å². The van der Waals surface area contributed by atoms with Gasteiger partial charge in [-0.1, -0.05) is 6.07 Å². The average Bonchev–Trinajstić information content (AvgIpc) is 2.50. The fraction of sp³-hybridized carbons (Fsp3) is 0.125. The van der Waals surface area contributed by atoms with Gasteiger partial charge in [0.1, 0.15) is 4.90 Å². The molecule has 74 valence electrons. The molecule has 0 aliphatic heterocycles. The Morgan fingerprint density at radius 3 is 2.79 bits per heavy atom. The van der Waals surface area contributed by atoms with Crippen molar-refractivity contribution in [3.8, 4) is 0 Å². The van der Waals surface area contributed by atoms with E-state index in [4.69, 9.17) is 10.7 Å². The molecular weight excluding hydrogens is 224 g/mol. The topological polar surface area (TPSA) is 62.8 Å². The lowest BCUT2D eigenvalue weighted by atomic mass is 10.1. The molecule has 0 amide bonds. The first-order valence-corrected chi connectivity index (χ1v) is 6.18. The minimum Gasteiger partial charge on any atom is -0.276 e. The standard InChI is InChI=1S/C8H7ClN2O2S/c1-5-2-3-7(14(9,12)13)8-6(5)4-10-11-8/h2-4H,1H3,(H,10,11). The van der Waals surface area contributed by atoms with Gasteiger partial charge in [0, 0.05) is 16.1 Å². The Labute approximate surface area is 85.3 Å². The summed E-state index contributed by atoms with van der Waals surface area (Å²) in [5, 5.41) is 7.18. The van der Waals surface area contributed by atoms with Crippen molar-refractivity contribution in [3.63, 3.8) is 0 Å². The van der Waals surface area contributed by atoms with Crippen LogP contribution in [0.15, 0.2) is 23.2 Å². The number of halogens is 1. The number of aryl methyl sites for hydroxylation is 1. The number of rotatable bonds is 1. The van der Waals surface area contributed by atoms with E-state index in [-0.39, 0.29) is 4.90 Å². The maximum atomic E-state index is 11.2. The number of hydrogen-bond donors (Lipinski definition) is 1. The summed E-state index contributed by atoms with van der Waals surface area (Å²) in [7, 11) is 1.56. The first-order valence-electron chi connectivity index (χ1n) is 3.87. The first kappa shape index (κ1) is 9.48. The van der Waals surface area contributed by atoms with E-state index >= 15 is 0 Å². The third-order valence-corrected chi connectivity index (χ3v) is 3.42. The predicted molar refractivity (Wildman–Crippen MR) is 53.9 cm³/mol. The fourth-order valence-corrected chi connectivity index (χ4v) is 2.37. The summed E-state index contributed by atoms with van der Waals surface area (Å²) in [5.74, 6) is 0. The summed E-state index contributed by atoms with van der Waals surface area (Å²) in [6, 6.07) is 3.17. The van der Waals surface area contributed by atoms with E-state index in [2.05, 4.69) is 10.2 Å². The van der Waals surface area contributed by atoms with Crippen molar-refractivity contribution in [2.24, 2.45) is 0 Å². The molecule has 6 heteroatoms. The Hall–Kier alpha value is -1.07. The van der Waals surface area contributed by atoms with Crippen molar-refractivity contribution in [1.29, 1.82) is 0 Å². The second kappa shape index (κ2) is 2.96. The van der Waals surface area contributed by atoms with Gasteiger partial charge in [0.05, 0.1) is 11.7 Å². The van der Waals surface area contributed by atoms with E-state index in [0.29, 0.717) is 5.52 Å². The van der Waals surface area contributed by atoms with Crippen molar-refractivity contribution < 1.29 is 8.42 Å². The zero-order valence-corrected chi connectivity index (χ0v) is 8.85. The Morgan fingerprint density at radius 1 is 1.43 bits per heavy atom. The lowest BCUT2D eigenvalue weighted by Crippen LogP contribution is -1.92. The molecule has 1 aromatic heterocycles. The molecule has 0 saturated carbocycles. The Morgan fingerprint density at radius 2 is 2.14 bits per heavy atom. The highest BCUT2D eigenvalue weighted by Crippen LogP contribution is 2.25. The number of nitrogens with one attached hydrogen (secondary N) is 1. The summed E-state index contributed by atoms with van der Waals surface area (Å²) in [6.45, 7) is 1.88. The molecule has 1 heterocycles. The first-order chi connectivity index (χ1) is 6.50. The molecule has 2 aromatic rings. The second-order valence-electron chi connectivity index (χ2n) is 2.98. The number of fused-ring (bicyclic) bond motifs is 1. The zero-order chi connectivity index (χ0) is 10.3. The highest BCUT2D eigenvalue weighted by molar-refractivity contribution is 8.14. The lowest BCUT2D eigenvalue weighted by molar-refractivity contribution is 0.610. The minimum absolute atomic E-state index is 0.0669. The van der Waals surface area contributed by atoms with Gasteiger partial charge in [-0.25, -0.2) is 8.42 Å². The lowest BCUT2D eigenvalue weighted by Gasteiger charge is -1.99. The Balaban J connectivity index is 2.93. The summed E-state index contributed by atoms with van der Waals surface area (Å²) in [5.41, 5.74) is 1.41. The molecule has 2 rings (SSSR count). The van der Waals surface area contributed by atoms with Gasteiger partial charge in [0.15, 0.2) is 0 Å². The van der Waals surface area contributed by atoms with E-state index < -0.39 is 9.05 Å².